The predicted molar refractivity (Wildman–Crippen MR) is 63.0 cm³/mol. The van der Waals surface area contributed by atoms with Gasteiger partial charge >= 0.3 is 0 Å². The molecule has 2 aromatic rings. The molecule has 3 N–H and O–H groups in total. The number of nitrogens with two attached hydrogens (primary N) is 1. The Morgan fingerprint density at radius 3 is 2.53 bits per heavy atom. The van der Waals surface area contributed by atoms with E-state index in [1.165, 1.54) is 12.3 Å². The largest absolute Gasteiger partial charge is 0.395 e. The van der Waals surface area contributed by atoms with E-state index in [4.69, 9.17) is 11.0 Å². The minimum atomic E-state index is -1.30. The van der Waals surface area contributed by atoms with Gasteiger partial charge in [0.1, 0.15) is 11.9 Å². The third kappa shape index (κ3) is 2.42. The fourth-order valence-electron chi connectivity index (χ4n) is 1.42. The minimum absolute atomic E-state index is 0.00543. The summed E-state index contributed by atoms with van der Waals surface area (Å²) < 4.78 is 39.2. The lowest BCUT2D eigenvalue weighted by Gasteiger charge is -2.10. The van der Waals surface area contributed by atoms with Gasteiger partial charge in [0.05, 0.1) is 16.9 Å². The molecule has 0 aliphatic heterocycles. The molecule has 0 unspecified atom stereocenters. The number of anilines is 3. The molecule has 0 atom stereocenters. The lowest BCUT2D eigenvalue weighted by molar-refractivity contribution is 0.496. The number of nitrogens with one attached hydrogen (secondary N) is 1. The van der Waals surface area contributed by atoms with Crippen LogP contribution in [0.3, 0.4) is 0 Å². The number of pyridine rings is 1. The summed E-state index contributed by atoms with van der Waals surface area (Å²) in [6.45, 7) is 0. The van der Waals surface area contributed by atoms with Crippen molar-refractivity contribution in [2.45, 2.75) is 0 Å². The molecular weight excluding hydrogens is 257 g/mol. The van der Waals surface area contributed by atoms with Gasteiger partial charge in [-0.2, -0.15) is 5.26 Å². The third-order valence-corrected chi connectivity index (χ3v) is 2.37. The molecule has 4 nitrogen and oxygen atoms in total. The summed E-state index contributed by atoms with van der Waals surface area (Å²) in [6, 6.07) is 4.25. The highest BCUT2D eigenvalue weighted by atomic mass is 19.2. The first-order valence-corrected chi connectivity index (χ1v) is 5.09. The highest BCUT2D eigenvalue weighted by molar-refractivity contribution is 5.73. The number of nitriles is 1. The van der Waals surface area contributed by atoms with Crippen molar-refractivity contribution in [1.82, 2.24) is 4.98 Å². The van der Waals surface area contributed by atoms with Crippen molar-refractivity contribution in [1.29, 1.82) is 5.26 Å². The topological polar surface area (TPSA) is 74.7 Å². The number of benzene rings is 1. The van der Waals surface area contributed by atoms with E-state index in [1.807, 2.05) is 6.07 Å². The SMILES string of the molecule is N#Cc1ccnc(Nc2cc(F)c(F)cc2F)c1N. The average Bonchev–Trinajstić information content (AvgIpc) is 2.38. The van der Waals surface area contributed by atoms with E-state index in [-0.39, 0.29) is 22.8 Å². The van der Waals surface area contributed by atoms with Gasteiger partial charge in [0, 0.05) is 18.3 Å². The quantitative estimate of drug-likeness (QED) is 0.818. The molecule has 0 aliphatic carbocycles. The summed E-state index contributed by atoms with van der Waals surface area (Å²) in [7, 11) is 0. The van der Waals surface area contributed by atoms with Crippen LogP contribution in [0.5, 0.6) is 0 Å². The summed E-state index contributed by atoms with van der Waals surface area (Å²) in [4.78, 5) is 3.81. The lowest BCUT2D eigenvalue weighted by atomic mass is 10.2. The molecule has 0 bridgehead atoms. The fraction of sp³-hybridized carbons (Fsp3) is 0. The Bertz CT molecular complexity index is 679. The van der Waals surface area contributed by atoms with Gasteiger partial charge in [-0.25, -0.2) is 18.2 Å². The second-order valence-corrected chi connectivity index (χ2v) is 3.60. The third-order valence-electron chi connectivity index (χ3n) is 2.37. The van der Waals surface area contributed by atoms with Crippen molar-refractivity contribution in [2.24, 2.45) is 0 Å². The Morgan fingerprint density at radius 2 is 1.84 bits per heavy atom. The molecule has 2 rings (SSSR count). The van der Waals surface area contributed by atoms with Crippen molar-refractivity contribution in [2.75, 3.05) is 11.1 Å². The molecule has 0 saturated heterocycles. The van der Waals surface area contributed by atoms with Crippen LogP contribution < -0.4 is 11.1 Å². The van der Waals surface area contributed by atoms with E-state index in [0.717, 1.165) is 0 Å². The van der Waals surface area contributed by atoms with Gasteiger partial charge in [-0.15, -0.1) is 0 Å². The average molecular weight is 264 g/mol. The van der Waals surface area contributed by atoms with Gasteiger partial charge in [0.25, 0.3) is 0 Å². The van der Waals surface area contributed by atoms with E-state index >= 15 is 0 Å². The van der Waals surface area contributed by atoms with E-state index in [9.17, 15) is 13.2 Å². The number of nitrogen functional groups attached to an aromatic ring is 1. The van der Waals surface area contributed by atoms with Gasteiger partial charge in [-0.1, -0.05) is 0 Å². The van der Waals surface area contributed by atoms with Gasteiger partial charge in [-0.3, -0.25) is 0 Å². The van der Waals surface area contributed by atoms with Crippen LogP contribution in [-0.4, -0.2) is 4.98 Å². The molecule has 0 saturated carbocycles. The lowest BCUT2D eigenvalue weighted by Crippen LogP contribution is -2.03. The molecule has 7 heteroatoms. The van der Waals surface area contributed by atoms with Crippen molar-refractivity contribution in [3.63, 3.8) is 0 Å². The van der Waals surface area contributed by atoms with E-state index in [0.29, 0.717) is 12.1 Å². The van der Waals surface area contributed by atoms with Gasteiger partial charge in [0.15, 0.2) is 17.5 Å². The zero-order chi connectivity index (χ0) is 14.0. The smallest absolute Gasteiger partial charge is 0.161 e. The number of nitrogens with zero attached hydrogens (tertiary/aromatic N) is 2. The molecule has 0 spiro atoms. The van der Waals surface area contributed by atoms with Crippen LogP contribution in [0.15, 0.2) is 24.4 Å². The summed E-state index contributed by atoms with van der Waals surface area (Å²) in [5, 5.41) is 11.2. The molecular formula is C12H7F3N4. The Morgan fingerprint density at radius 1 is 1.16 bits per heavy atom. The van der Waals surface area contributed by atoms with E-state index in [1.54, 1.807) is 0 Å². The van der Waals surface area contributed by atoms with Crippen molar-refractivity contribution in [3.05, 3.63) is 47.4 Å². The van der Waals surface area contributed by atoms with Crippen LogP contribution in [0.25, 0.3) is 0 Å². The van der Waals surface area contributed by atoms with Crippen LogP contribution in [0, 0.1) is 28.8 Å². The van der Waals surface area contributed by atoms with E-state index in [2.05, 4.69) is 10.3 Å². The fourth-order valence-corrected chi connectivity index (χ4v) is 1.42. The van der Waals surface area contributed by atoms with Crippen LogP contribution in [-0.2, 0) is 0 Å². The van der Waals surface area contributed by atoms with Gasteiger partial charge < -0.3 is 11.1 Å². The highest BCUT2D eigenvalue weighted by Crippen LogP contribution is 2.26. The van der Waals surface area contributed by atoms with Crippen molar-refractivity contribution >= 4 is 17.2 Å². The Hall–Kier alpha value is -2.75. The molecule has 0 radical (unpaired) electrons. The second-order valence-electron chi connectivity index (χ2n) is 3.60. The summed E-state index contributed by atoms with van der Waals surface area (Å²) in [5.74, 6) is -3.51. The molecule has 96 valence electrons. The first kappa shape index (κ1) is 12.7. The molecule has 0 fully saturated rings. The first-order chi connectivity index (χ1) is 9.02. The predicted octanol–water partition coefficient (Wildman–Crippen LogP) is 2.70. The Kier molecular flexibility index (Phi) is 3.25. The number of halogens is 3. The number of rotatable bonds is 2. The van der Waals surface area contributed by atoms with Gasteiger partial charge in [-0.05, 0) is 6.07 Å². The summed E-state index contributed by atoms with van der Waals surface area (Å²) in [6.07, 6.45) is 1.29. The molecule has 1 aromatic heterocycles. The monoisotopic (exact) mass is 264 g/mol. The second kappa shape index (κ2) is 4.86. The summed E-state index contributed by atoms with van der Waals surface area (Å²) in [5.41, 5.74) is 5.43. The number of aromatic nitrogens is 1. The van der Waals surface area contributed by atoms with Crippen LogP contribution in [0.1, 0.15) is 5.56 Å². The molecule has 0 amide bonds. The normalized spacial score (nSPS) is 10.0. The maximum atomic E-state index is 13.4. The molecule has 1 heterocycles. The highest BCUT2D eigenvalue weighted by Gasteiger charge is 2.12. The zero-order valence-corrected chi connectivity index (χ0v) is 9.42. The maximum Gasteiger partial charge on any atom is 0.161 e. The first-order valence-electron chi connectivity index (χ1n) is 5.09. The van der Waals surface area contributed by atoms with Crippen LogP contribution in [0.2, 0.25) is 0 Å². The van der Waals surface area contributed by atoms with Crippen molar-refractivity contribution < 1.29 is 13.2 Å². The van der Waals surface area contributed by atoms with E-state index < -0.39 is 17.5 Å². The number of hydrogen-bond acceptors (Lipinski definition) is 4. The molecule has 1 aromatic carbocycles. The standard InChI is InChI=1S/C12H7F3N4/c13-7-3-9(15)10(4-8(7)14)19-12-11(17)6(5-16)1-2-18-12/h1-4H,17H2,(H,18,19). The van der Waals surface area contributed by atoms with Crippen LogP contribution >= 0.6 is 0 Å². The summed E-state index contributed by atoms with van der Waals surface area (Å²) >= 11 is 0. The zero-order valence-electron chi connectivity index (χ0n) is 9.42. The van der Waals surface area contributed by atoms with Crippen molar-refractivity contribution in [3.8, 4) is 6.07 Å². The molecule has 19 heavy (non-hydrogen) atoms. The number of hydrogen-bond donors (Lipinski definition) is 2. The Balaban J connectivity index is 2.43. The molecule has 0 aliphatic rings. The van der Waals surface area contributed by atoms with Gasteiger partial charge in [0.2, 0.25) is 0 Å². The van der Waals surface area contributed by atoms with Crippen LogP contribution in [0.4, 0.5) is 30.4 Å². The minimum Gasteiger partial charge on any atom is -0.395 e. The Labute approximate surface area is 106 Å². The maximum absolute atomic E-state index is 13.4.